The third-order valence-electron chi connectivity index (χ3n) is 6.72. The molecule has 8 nitrogen and oxygen atoms in total. The standard InChI is InChI=1S/C23H27N5O3S/c24-16-6-2-3-13(9-16)17-12-32-23(26-17)25-10-14-4-1-5-15-11-28(22(31)20(14)15)18-7-8-19(29)27-21(18)30/h1,4-5,12-13,16,18H,2-3,6-11,24H2,(H,25,26)(H,27,29,30)/t13-,16+,18?/m0/s1. The molecule has 9 heteroatoms. The number of carbonyl (C=O) groups is 3. The monoisotopic (exact) mass is 453 g/mol. The molecule has 2 fully saturated rings. The molecule has 1 aliphatic carbocycles. The molecule has 1 saturated heterocycles. The third kappa shape index (κ3) is 4.02. The van der Waals surface area contributed by atoms with E-state index in [0.29, 0.717) is 31.0 Å². The number of fused-ring (bicyclic) bond motifs is 1. The lowest BCUT2D eigenvalue weighted by molar-refractivity contribution is -0.136. The molecule has 0 radical (unpaired) electrons. The van der Waals surface area contributed by atoms with Gasteiger partial charge in [-0.3, -0.25) is 19.7 Å². The summed E-state index contributed by atoms with van der Waals surface area (Å²) in [7, 11) is 0. The van der Waals surface area contributed by atoms with Crippen LogP contribution in [0.1, 0.15) is 71.6 Å². The van der Waals surface area contributed by atoms with Gasteiger partial charge in [0, 0.05) is 42.4 Å². The van der Waals surface area contributed by atoms with E-state index >= 15 is 0 Å². The molecule has 3 amide bonds. The van der Waals surface area contributed by atoms with Gasteiger partial charge in [0.25, 0.3) is 5.91 Å². The fourth-order valence-corrected chi connectivity index (χ4v) is 5.85. The zero-order valence-corrected chi connectivity index (χ0v) is 18.6. The minimum absolute atomic E-state index is 0.150. The number of amides is 3. The number of piperidine rings is 1. The average molecular weight is 454 g/mol. The van der Waals surface area contributed by atoms with Crippen molar-refractivity contribution in [3.63, 3.8) is 0 Å². The van der Waals surface area contributed by atoms with Crippen LogP contribution in [0, 0.1) is 0 Å². The van der Waals surface area contributed by atoms with Crippen molar-refractivity contribution < 1.29 is 14.4 Å². The quantitative estimate of drug-likeness (QED) is 0.599. The molecular weight excluding hydrogens is 426 g/mol. The maximum absolute atomic E-state index is 13.2. The number of rotatable bonds is 5. The summed E-state index contributed by atoms with van der Waals surface area (Å²) in [5.74, 6) is -0.392. The molecule has 0 spiro atoms. The van der Waals surface area contributed by atoms with Crippen LogP contribution in [0.15, 0.2) is 23.6 Å². The number of nitrogens with zero attached hydrogens (tertiary/aromatic N) is 2. The van der Waals surface area contributed by atoms with Crippen LogP contribution in [-0.4, -0.2) is 39.7 Å². The Labute approximate surface area is 190 Å². The van der Waals surface area contributed by atoms with E-state index < -0.39 is 6.04 Å². The maximum atomic E-state index is 13.2. The summed E-state index contributed by atoms with van der Waals surface area (Å²) in [6.45, 7) is 0.868. The SMILES string of the molecule is N[C@@H]1CCC[C@H](c2csc(NCc3cccc4c3C(=O)N(C3CCC(=O)NC3=O)C4)n2)C1. The molecule has 32 heavy (non-hydrogen) atoms. The maximum Gasteiger partial charge on any atom is 0.255 e. The van der Waals surface area contributed by atoms with Crippen molar-refractivity contribution in [3.05, 3.63) is 46.0 Å². The van der Waals surface area contributed by atoms with Gasteiger partial charge in [0.15, 0.2) is 5.13 Å². The molecule has 3 aliphatic rings. The van der Waals surface area contributed by atoms with Gasteiger partial charge in [-0.25, -0.2) is 4.98 Å². The Morgan fingerprint density at radius 3 is 2.91 bits per heavy atom. The average Bonchev–Trinajstić information content (AvgIpc) is 3.38. The summed E-state index contributed by atoms with van der Waals surface area (Å²) < 4.78 is 0. The minimum Gasteiger partial charge on any atom is -0.357 e. The van der Waals surface area contributed by atoms with Gasteiger partial charge in [0.2, 0.25) is 11.8 Å². The second-order valence-electron chi connectivity index (χ2n) is 8.91. The summed E-state index contributed by atoms with van der Waals surface area (Å²) in [5.41, 5.74) is 9.69. The zero-order valence-electron chi connectivity index (χ0n) is 17.8. The summed E-state index contributed by atoms with van der Waals surface area (Å²) in [5, 5.41) is 8.67. The first kappa shape index (κ1) is 21.1. The molecule has 1 saturated carbocycles. The Kier molecular flexibility index (Phi) is 5.69. The van der Waals surface area contributed by atoms with Gasteiger partial charge in [0.1, 0.15) is 6.04 Å². The lowest BCUT2D eigenvalue weighted by Gasteiger charge is -2.29. The molecular formula is C23H27N5O3S. The normalized spacial score (nSPS) is 25.6. The second kappa shape index (κ2) is 8.63. The van der Waals surface area contributed by atoms with Crippen molar-refractivity contribution >= 4 is 34.2 Å². The van der Waals surface area contributed by atoms with E-state index in [2.05, 4.69) is 16.0 Å². The summed E-state index contributed by atoms with van der Waals surface area (Å²) in [4.78, 5) is 43.3. The van der Waals surface area contributed by atoms with Crippen LogP contribution >= 0.6 is 11.3 Å². The fourth-order valence-electron chi connectivity index (χ4n) is 5.06. The zero-order chi connectivity index (χ0) is 22.2. The van der Waals surface area contributed by atoms with E-state index in [4.69, 9.17) is 10.7 Å². The number of thiazole rings is 1. The van der Waals surface area contributed by atoms with Crippen molar-refractivity contribution in [2.24, 2.45) is 5.73 Å². The number of nitrogens with one attached hydrogen (secondary N) is 2. The highest BCUT2D eigenvalue weighted by Gasteiger charge is 2.39. The highest BCUT2D eigenvalue weighted by atomic mass is 32.1. The number of hydrogen-bond acceptors (Lipinski definition) is 7. The van der Waals surface area contributed by atoms with E-state index in [1.807, 2.05) is 18.2 Å². The predicted molar refractivity (Wildman–Crippen MR) is 121 cm³/mol. The summed E-state index contributed by atoms with van der Waals surface area (Å²) in [6, 6.07) is 5.46. The van der Waals surface area contributed by atoms with E-state index in [-0.39, 0.29) is 30.2 Å². The van der Waals surface area contributed by atoms with Crippen LogP contribution in [0.5, 0.6) is 0 Å². The van der Waals surface area contributed by atoms with Crippen LogP contribution in [0.3, 0.4) is 0 Å². The van der Waals surface area contributed by atoms with E-state index in [0.717, 1.165) is 47.6 Å². The van der Waals surface area contributed by atoms with E-state index in [1.54, 1.807) is 16.2 Å². The molecule has 2 aliphatic heterocycles. The molecule has 3 heterocycles. The van der Waals surface area contributed by atoms with Gasteiger partial charge >= 0.3 is 0 Å². The molecule has 2 aromatic rings. The highest BCUT2D eigenvalue weighted by molar-refractivity contribution is 7.13. The Bertz CT molecular complexity index is 1070. The Hall–Kier alpha value is -2.78. The van der Waals surface area contributed by atoms with Gasteiger partial charge in [-0.1, -0.05) is 24.6 Å². The molecule has 4 N–H and O–H groups in total. The number of carbonyl (C=O) groups excluding carboxylic acids is 3. The number of nitrogens with two attached hydrogens (primary N) is 1. The number of aromatic nitrogens is 1. The Balaban J connectivity index is 1.28. The molecule has 1 aromatic heterocycles. The van der Waals surface area contributed by atoms with Crippen molar-refractivity contribution in [2.45, 2.75) is 69.6 Å². The fraction of sp³-hybridized carbons (Fsp3) is 0.478. The van der Waals surface area contributed by atoms with E-state index in [1.165, 1.54) is 0 Å². The Morgan fingerprint density at radius 1 is 1.22 bits per heavy atom. The first-order valence-corrected chi connectivity index (χ1v) is 12.1. The van der Waals surface area contributed by atoms with Gasteiger partial charge in [-0.05, 0) is 36.8 Å². The smallest absolute Gasteiger partial charge is 0.255 e. The van der Waals surface area contributed by atoms with Crippen LogP contribution < -0.4 is 16.4 Å². The topological polar surface area (TPSA) is 117 Å². The predicted octanol–water partition coefficient (Wildman–Crippen LogP) is 2.50. The Morgan fingerprint density at radius 2 is 2.09 bits per heavy atom. The van der Waals surface area contributed by atoms with E-state index in [9.17, 15) is 14.4 Å². The largest absolute Gasteiger partial charge is 0.357 e. The van der Waals surface area contributed by atoms with Crippen LogP contribution in [-0.2, 0) is 22.7 Å². The number of benzene rings is 1. The van der Waals surface area contributed by atoms with Gasteiger partial charge in [0.05, 0.1) is 5.69 Å². The summed E-state index contributed by atoms with van der Waals surface area (Å²) >= 11 is 1.58. The van der Waals surface area contributed by atoms with Crippen LogP contribution in [0.25, 0.3) is 0 Å². The number of anilines is 1. The van der Waals surface area contributed by atoms with Crippen molar-refractivity contribution in [1.82, 2.24) is 15.2 Å². The molecule has 5 rings (SSSR count). The lowest BCUT2D eigenvalue weighted by Crippen LogP contribution is -2.52. The first-order valence-electron chi connectivity index (χ1n) is 11.2. The van der Waals surface area contributed by atoms with Gasteiger partial charge in [-0.2, -0.15) is 0 Å². The molecule has 1 aromatic carbocycles. The van der Waals surface area contributed by atoms with Crippen LogP contribution in [0.2, 0.25) is 0 Å². The molecule has 3 atom stereocenters. The third-order valence-corrected chi connectivity index (χ3v) is 7.54. The molecule has 1 unspecified atom stereocenters. The van der Waals surface area contributed by atoms with Crippen molar-refractivity contribution in [3.8, 4) is 0 Å². The molecule has 0 bridgehead atoms. The summed E-state index contributed by atoms with van der Waals surface area (Å²) in [6.07, 6.45) is 4.98. The van der Waals surface area contributed by atoms with Gasteiger partial charge in [-0.15, -0.1) is 11.3 Å². The van der Waals surface area contributed by atoms with Crippen molar-refractivity contribution in [2.75, 3.05) is 5.32 Å². The first-order chi connectivity index (χ1) is 15.5. The lowest BCUT2D eigenvalue weighted by atomic mass is 9.84. The minimum atomic E-state index is -0.600. The van der Waals surface area contributed by atoms with Crippen molar-refractivity contribution in [1.29, 1.82) is 0 Å². The molecule has 168 valence electrons. The number of hydrogen-bond donors (Lipinski definition) is 3. The van der Waals surface area contributed by atoms with Crippen LogP contribution in [0.4, 0.5) is 5.13 Å². The second-order valence-corrected chi connectivity index (χ2v) is 9.76. The van der Waals surface area contributed by atoms with Gasteiger partial charge < -0.3 is 16.0 Å². The number of imide groups is 1. The highest BCUT2D eigenvalue weighted by Crippen LogP contribution is 2.34.